The van der Waals surface area contributed by atoms with Gasteiger partial charge < -0.3 is 14.8 Å². The molecule has 0 radical (unpaired) electrons. The van der Waals surface area contributed by atoms with Gasteiger partial charge in [0.2, 0.25) is 0 Å². The van der Waals surface area contributed by atoms with Gasteiger partial charge in [0.1, 0.15) is 17.7 Å². The summed E-state index contributed by atoms with van der Waals surface area (Å²) in [4.78, 5) is 11.0. The number of carbonyl (C=O) groups is 1. The van der Waals surface area contributed by atoms with E-state index in [1.165, 1.54) is 7.11 Å². The van der Waals surface area contributed by atoms with Crippen molar-refractivity contribution in [3.63, 3.8) is 0 Å². The third-order valence-electron chi connectivity index (χ3n) is 2.07. The number of alkyl halides is 1. The summed E-state index contributed by atoms with van der Waals surface area (Å²) in [5.41, 5.74) is 0. The molecule has 0 spiro atoms. The number of hydrogen-bond donors (Lipinski definition) is 1. The molecule has 1 aromatic rings. The molecule has 1 aromatic carbocycles. The molecule has 0 aliphatic rings. The summed E-state index contributed by atoms with van der Waals surface area (Å²) in [7, 11) is 1.32. The van der Waals surface area contributed by atoms with Gasteiger partial charge in [0, 0.05) is 13.1 Å². The largest absolute Gasteiger partial charge is 0.492 e. The maximum atomic E-state index is 11.0. The third kappa shape index (κ3) is 5.56. The molecular formula is C12H16ClNO3. The standard InChI is InChI=1S/C12H16ClNO3/c1-16-12(15)11(13)9-14-7-8-17-10-5-3-2-4-6-10/h2-6,11,14H,7-9H2,1H3. The SMILES string of the molecule is COC(=O)C(Cl)CNCCOc1ccccc1. The lowest BCUT2D eigenvalue weighted by Gasteiger charge is -2.09. The third-order valence-corrected chi connectivity index (χ3v) is 2.40. The zero-order valence-electron chi connectivity index (χ0n) is 9.69. The predicted octanol–water partition coefficient (Wildman–Crippen LogP) is 1.44. The summed E-state index contributed by atoms with van der Waals surface area (Å²) in [5.74, 6) is 0.396. The molecule has 5 heteroatoms. The van der Waals surface area contributed by atoms with E-state index in [0.29, 0.717) is 19.7 Å². The Bertz CT molecular complexity index is 332. The maximum Gasteiger partial charge on any atom is 0.325 e. The zero-order chi connectivity index (χ0) is 12.5. The van der Waals surface area contributed by atoms with Crippen LogP contribution in [0.4, 0.5) is 0 Å². The van der Waals surface area contributed by atoms with E-state index < -0.39 is 11.3 Å². The van der Waals surface area contributed by atoms with Crippen molar-refractivity contribution in [2.75, 3.05) is 26.8 Å². The number of ether oxygens (including phenoxy) is 2. The number of carbonyl (C=O) groups excluding carboxylic acids is 1. The van der Waals surface area contributed by atoms with Crippen molar-refractivity contribution in [3.8, 4) is 5.75 Å². The van der Waals surface area contributed by atoms with Gasteiger partial charge in [0.15, 0.2) is 0 Å². The highest BCUT2D eigenvalue weighted by Gasteiger charge is 2.14. The summed E-state index contributed by atoms with van der Waals surface area (Å²) >= 11 is 5.75. The van der Waals surface area contributed by atoms with Gasteiger partial charge in [0.25, 0.3) is 0 Å². The Morgan fingerprint density at radius 2 is 2.12 bits per heavy atom. The lowest BCUT2D eigenvalue weighted by molar-refractivity contribution is -0.140. The Morgan fingerprint density at radius 3 is 2.76 bits per heavy atom. The highest BCUT2D eigenvalue weighted by Crippen LogP contribution is 2.07. The van der Waals surface area contributed by atoms with Crippen molar-refractivity contribution in [1.82, 2.24) is 5.32 Å². The minimum atomic E-state index is -0.656. The molecule has 0 aromatic heterocycles. The summed E-state index contributed by atoms with van der Waals surface area (Å²) in [6, 6.07) is 9.53. The van der Waals surface area contributed by atoms with Crippen LogP contribution in [0.2, 0.25) is 0 Å². The molecular weight excluding hydrogens is 242 g/mol. The maximum absolute atomic E-state index is 11.0. The number of rotatable bonds is 7. The van der Waals surface area contributed by atoms with E-state index >= 15 is 0 Å². The lowest BCUT2D eigenvalue weighted by Crippen LogP contribution is -2.32. The summed E-state index contributed by atoms with van der Waals surface area (Å²) in [5, 5.41) is 2.36. The van der Waals surface area contributed by atoms with E-state index in [-0.39, 0.29) is 0 Å². The Balaban J connectivity index is 2.07. The van der Waals surface area contributed by atoms with E-state index in [1.54, 1.807) is 0 Å². The van der Waals surface area contributed by atoms with Gasteiger partial charge in [-0.3, -0.25) is 4.79 Å². The highest BCUT2D eigenvalue weighted by molar-refractivity contribution is 6.30. The van der Waals surface area contributed by atoms with Crippen LogP contribution in [-0.2, 0) is 9.53 Å². The van der Waals surface area contributed by atoms with Crippen molar-refractivity contribution >= 4 is 17.6 Å². The van der Waals surface area contributed by atoms with Crippen LogP contribution in [-0.4, -0.2) is 38.2 Å². The molecule has 1 rings (SSSR count). The number of para-hydroxylation sites is 1. The van der Waals surface area contributed by atoms with Crippen LogP contribution in [0.15, 0.2) is 30.3 Å². The van der Waals surface area contributed by atoms with Crippen molar-refractivity contribution in [3.05, 3.63) is 30.3 Å². The van der Waals surface area contributed by atoms with Gasteiger partial charge >= 0.3 is 5.97 Å². The lowest BCUT2D eigenvalue weighted by atomic mass is 10.3. The van der Waals surface area contributed by atoms with Crippen LogP contribution < -0.4 is 10.1 Å². The quantitative estimate of drug-likeness (QED) is 0.456. The van der Waals surface area contributed by atoms with Gasteiger partial charge in [0.05, 0.1) is 7.11 Å². The van der Waals surface area contributed by atoms with Gasteiger partial charge in [-0.2, -0.15) is 0 Å². The second-order valence-electron chi connectivity index (χ2n) is 3.36. The molecule has 1 N–H and O–H groups in total. The Labute approximate surface area is 106 Å². The first-order valence-corrected chi connectivity index (χ1v) is 5.78. The van der Waals surface area contributed by atoms with Crippen LogP contribution >= 0.6 is 11.6 Å². The van der Waals surface area contributed by atoms with E-state index in [1.807, 2.05) is 30.3 Å². The molecule has 0 heterocycles. The molecule has 0 saturated heterocycles. The summed E-state index contributed by atoms with van der Waals surface area (Å²) in [6.45, 7) is 1.51. The van der Waals surface area contributed by atoms with Crippen LogP contribution in [0.3, 0.4) is 0 Å². The summed E-state index contributed by atoms with van der Waals surface area (Å²) < 4.78 is 9.95. The first-order chi connectivity index (χ1) is 8.24. The highest BCUT2D eigenvalue weighted by atomic mass is 35.5. The molecule has 0 aliphatic heterocycles. The number of benzene rings is 1. The minimum absolute atomic E-state index is 0.367. The smallest absolute Gasteiger partial charge is 0.325 e. The molecule has 94 valence electrons. The normalized spacial score (nSPS) is 11.9. The number of halogens is 1. The first kappa shape index (κ1) is 13.8. The zero-order valence-corrected chi connectivity index (χ0v) is 10.4. The molecule has 17 heavy (non-hydrogen) atoms. The van der Waals surface area contributed by atoms with Crippen LogP contribution in [0, 0.1) is 0 Å². The van der Waals surface area contributed by atoms with Crippen LogP contribution in [0.5, 0.6) is 5.75 Å². The molecule has 4 nitrogen and oxygen atoms in total. The fourth-order valence-corrected chi connectivity index (χ4v) is 1.40. The van der Waals surface area contributed by atoms with E-state index in [2.05, 4.69) is 10.1 Å². The first-order valence-electron chi connectivity index (χ1n) is 5.34. The van der Waals surface area contributed by atoms with Gasteiger partial charge in [-0.1, -0.05) is 18.2 Å². The molecule has 0 bridgehead atoms. The number of methoxy groups -OCH3 is 1. The molecule has 0 saturated carbocycles. The van der Waals surface area contributed by atoms with Crippen LogP contribution in [0.1, 0.15) is 0 Å². The minimum Gasteiger partial charge on any atom is -0.492 e. The molecule has 1 unspecified atom stereocenters. The average Bonchev–Trinajstić information content (AvgIpc) is 2.38. The van der Waals surface area contributed by atoms with E-state index in [4.69, 9.17) is 16.3 Å². The Kier molecular flexibility index (Phi) is 6.43. The van der Waals surface area contributed by atoms with Crippen LogP contribution in [0.25, 0.3) is 0 Å². The second-order valence-corrected chi connectivity index (χ2v) is 3.88. The van der Waals surface area contributed by atoms with E-state index in [0.717, 1.165) is 5.75 Å². The van der Waals surface area contributed by atoms with Gasteiger partial charge in [-0.15, -0.1) is 11.6 Å². The number of esters is 1. The molecule has 1 atom stereocenters. The van der Waals surface area contributed by atoms with E-state index in [9.17, 15) is 4.79 Å². The molecule has 0 aliphatic carbocycles. The molecule has 0 fully saturated rings. The molecule has 0 amide bonds. The monoisotopic (exact) mass is 257 g/mol. The Morgan fingerprint density at radius 1 is 1.41 bits per heavy atom. The predicted molar refractivity (Wildman–Crippen MR) is 66.5 cm³/mol. The van der Waals surface area contributed by atoms with Crippen molar-refractivity contribution in [2.45, 2.75) is 5.38 Å². The van der Waals surface area contributed by atoms with Gasteiger partial charge in [-0.05, 0) is 12.1 Å². The number of hydrogen-bond acceptors (Lipinski definition) is 4. The van der Waals surface area contributed by atoms with Crippen molar-refractivity contribution in [2.24, 2.45) is 0 Å². The Hall–Kier alpha value is -1.26. The van der Waals surface area contributed by atoms with Crippen molar-refractivity contribution < 1.29 is 14.3 Å². The topological polar surface area (TPSA) is 47.6 Å². The summed E-state index contributed by atoms with van der Waals surface area (Å²) in [6.07, 6.45) is 0. The van der Waals surface area contributed by atoms with Crippen molar-refractivity contribution in [1.29, 1.82) is 0 Å². The number of nitrogens with one attached hydrogen (secondary N) is 1. The fourth-order valence-electron chi connectivity index (χ4n) is 1.20. The average molecular weight is 258 g/mol. The second kappa shape index (κ2) is 7.92. The van der Waals surface area contributed by atoms with Gasteiger partial charge in [-0.25, -0.2) is 0 Å². The fraction of sp³-hybridized carbons (Fsp3) is 0.417.